The van der Waals surface area contributed by atoms with Gasteiger partial charge < -0.3 is 15.5 Å². The minimum absolute atomic E-state index is 0.401. The first kappa shape index (κ1) is 13.3. The number of hydrogen-bond donors (Lipinski definition) is 3. The van der Waals surface area contributed by atoms with Crippen LogP contribution < -0.4 is 5.32 Å². The molecule has 0 radical (unpaired) electrons. The Balaban J connectivity index is 2.70. The Morgan fingerprint density at radius 3 is 2.33 bits per heavy atom. The molecule has 3 N–H and O–H groups in total. The number of alkyl halides is 3. The third kappa shape index (κ3) is 2.88. The highest BCUT2D eigenvalue weighted by atomic mass is 35.6. The Bertz CT molecular complexity index is 268. The van der Waals surface area contributed by atoms with Crippen LogP contribution in [-0.2, 0) is 4.79 Å². The van der Waals surface area contributed by atoms with Gasteiger partial charge in [-0.05, 0) is 19.8 Å². The molecule has 1 amide bonds. The van der Waals surface area contributed by atoms with E-state index in [9.17, 15) is 15.0 Å². The molecular formula is C8H12Cl3NO3. The number of rotatable bonds is 1. The van der Waals surface area contributed by atoms with Crippen LogP contribution in [-0.4, -0.2) is 37.7 Å². The maximum Gasteiger partial charge on any atom is 0.272 e. The van der Waals surface area contributed by atoms with E-state index in [1.54, 1.807) is 6.92 Å². The molecule has 1 aliphatic rings. The summed E-state index contributed by atoms with van der Waals surface area (Å²) in [6.45, 7) is 1.60. The standard InChI is InChI=1S/C8H12Cl3NO3/c1-7(3-2-4(13)5(7)14)12-6(15)8(9,10)11/h4-5,13-14H,2-3H2,1H3,(H,12,15)/t4-,5-,7-/m1/s1. The van der Waals surface area contributed by atoms with Crippen LogP contribution in [0.15, 0.2) is 0 Å². The SMILES string of the molecule is C[C@@]1(NC(=O)C(Cl)(Cl)Cl)CC[C@@H](O)[C@H]1O. The average Bonchev–Trinajstić information content (AvgIpc) is 2.32. The van der Waals surface area contributed by atoms with Gasteiger partial charge in [0.1, 0.15) is 6.10 Å². The van der Waals surface area contributed by atoms with Gasteiger partial charge in [-0.1, -0.05) is 34.8 Å². The van der Waals surface area contributed by atoms with Crippen molar-refractivity contribution in [1.29, 1.82) is 0 Å². The van der Waals surface area contributed by atoms with E-state index < -0.39 is 27.4 Å². The van der Waals surface area contributed by atoms with E-state index in [0.717, 1.165) is 0 Å². The molecule has 0 aromatic heterocycles. The number of carbonyl (C=O) groups excluding carboxylic acids is 1. The number of carbonyl (C=O) groups is 1. The Kier molecular flexibility index (Phi) is 3.78. The molecule has 0 unspecified atom stereocenters. The van der Waals surface area contributed by atoms with Crippen molar-refractivity contribution in [3.8, 4) is 0 Å². The van der Waals surface area contributed by atoms with Gasteiger partial charge >= 0.3 is 0 Å². The highest BCUT2D eigenvalue weighted by Crippen LogP contribution is 2.33. The van der Waals surface area contributed by atoms with E-state index in [0.29, 0.717) is 12.8 Å². The van der Waals surface area contributed by atoms with Crippen LogP contribution in [0.1, 0.15) is 19.8 Å². The van der Waals surface area contributed by atoms with Gasteiger partial charge in [0.25, 0.3) is 9.70 Å². The Morgan fingerprint density at radius 1 is 1.47 bits per heavy atom. The fourth-order valence-electron chi connectivity index (χ4n) is 1.64. The zero-order valence-electron chi connectivity index (χ0n) is 8.01. The lowest BCUT2D eigenvalue weighted by atomic mass is 9.97. The van der Waals surface area contributed by atoms with E-state index in [2.05, 4.69) is 5.32 Å². The molecule has 0 aliphatic heterocycles. The van der Waals surface area contributed by atoms with Crippen LogP contribution in [0.2, 0.25) is 0 Å². The highest BCUT2D eigenvalue weighted by Gasteiger charge is 2.47. The van der Waals surface area contributed by atoms with Crippen molar-refractivity contribution in [2.24, 2.45) is 0 Å². The molecule has 3 atom stereocenters. The summed E-state index contributed by atoms with van der Waals surface area (Å²) in [4.78, 5) is 11.4. The van der Waals surface area contributed by atoms with E-state index in [1.165, 1.54) is 0 Å². The molecule has 1 aliphatic carbocycles. The van der Waals surface area contributed by atoms with Gasteiger partial charge in [-0.2, -0.15) is 0 Å². The first-order valence-corrected chi connectivity index (χ1v) is 5.56. The number of nitrogens with one attached hydrogen (secondary N) is 1. The first-order chi connectivity index (χ1) is 6.67. The summed E-state index contributed by atoms with van der Waals surface area (Å²) in [5, 5.41) is 21.4. The lowest BCUT2D eigenvalue weighted by molar-refractivity contribution is -0.123. The lowest BCUT2D eigenvalue weighted by Gasteiger charge is -2.31. The fourth-order valence-corrected chi connectivity index (χ4v) is 1.79. The van der Waals surface area contributed by atoms with Crippen molar-refractivity contribution in [3.63, 3.8) is 0 Å². The van der Waals surface area contributed by atoms with Crippen molar-refractivity contribution in [1.82, 2.24) is 5.32 Å². The van der Waals surface area contributed by atoms with Crippen LogP contribution in [0.25, 0.3) is 0 Å². The molecule has 0 saturated heterocycles. The minimum atomic E-state index is -2.06. The maximum absolute atomic E-state index is 11.4. The molecule has 15 heavy (non-hydrogen) atoms. The fraction of sp³-hybridized carbons (Fsp3) is 0.875. The number of aliphatic hydroxyl groups excluding tert-OH is 2. The van der Waals surface area contributed by atoms with Gasteiger partial charge in [-0.3, -0.25) is 4.79 Å². The molecule has 0 heterocycles. The van der Waals surface area contributed by atoms with Gasteiger partial charge in [0, 0.05) is 0 Å². The van der Waals surface area contributed by atoms with E-state index in [4.69, 9.17) is 34.8 Å². The predicted octanol–water partition coefficient (Wildman–Crippen LogP) is 0.747. The quantitative estimate of drug-likeness (QED) is 0.619. The molecule has 0 aromatic carbocycles. The Morgan fingerprint density at radius 2 is 2.00 bits per heavy atom. The number of amides is 1. The highest BCUT2D eigenvalue weighted by molar-refractivity contribution is 6.76. The molecule has 0 aromatic rings. The molecule has 1 rings (SSSR count). The van der Waals surface area contributed by atoms with Crippen LogP contribution in [0.4, 0.5) is 0 Å². The van der Waals surface area contributed by atoms with Crippen molar-refractivity contribution in [2.45, 2.75) is 41.3 Å². The molecule has 4 nitrogen and oxygen atoms in total. The molecule has 88 valence electrons. The molecule has 7 heteroatoms. The molecule has 0 bridgehead atoms. The molecular weight excluding hydrogens is 264 g/mol. The summed E-state index contributed by atoms with van der Waals surface area (Å²) < 4.78 is -2.06. The zero-order valence-corrected chi connectivity index (χ0v) is 10.3. The smallest absolute Gasteiger partial charge is 0.272 e. The van der Waals surface area contributed by atoms with E-state index in [-0.39, 0.29) is 0 Å². The summed E-state index contributed by atoms with van der Waals surface area (Å²) in [7, 11) is 0. The van der Waals surface area contributed by atoms with Crippen LogP contribution in [0, 0.1) is 0 Å². The summed E-state index contributed by atoms with van der Waals surface area (Å²) >= 11 is 16.1. The van der Waals surface area contributed by atoms with Gasteiger partial charge in [-0.15, -0.1) is 0 Å². The summed E-state index contributed by atoms with van der Waals surface area (Å²) in [5.74, 6) is -0.803. The Hall–Kier alpha value is 0.260. The summed E-state index contributed by atoms with van der Waals surface area (Å²) in [6, 6.07) is 0. The van der Waals surface area contributed by atoms with Gasteiger partial charge in [0.15, 0.2) is 0 Å². The van der Waals surface area contributed by atoms with Crippen molar-refractivity contribution in [2.75, 3.05) is 0 Å². The van der Waals surface area contributed by atoms with Crippen molar-refractivity contribution < 1.29 is 15.0 Å². The second-order valence-electron chi connectivity index (χ2n) is 3.92. The zero-order chi connectivity index (χ0) is 11.9. The normalized spacial score (nSPS) is 36.7. The molecule has 0 spiro atoms. The number of aliphatic hydroxyl groups is 2. The topological polar surface area (TPSA) is 69.6 Å². The maximum atomic E-state index is 11.4. The predicted molar refractivity (Wildman–Crippen MR) is 58.1 cm³/mol. The lowest BCUT2D eigenvalue weighted by Crippen LogP contribution is -2.56. The Labute approximate surface area is 102 Å². The van der Waals surface area contributed by atoms with Crippen molar-refractivity contribution in [3.05, 3.63) is 0 Å². The monoisotopic (exact) mass is 275 g/mol. The van der Waals surface area contributed by atoms with E-state index >= 15 is 0 Å². The second-order valence-corrected chi connectivity index (χ2v) is 6.20. The van der Waals surface area contributed by atoms with Gasteiger partial charge in [-0.25, -0.2) is 0 Å². The van der Waals surface area contributed by atoms with Crippen LogP contribution in [0.3, 0.4) is 0 Å². The number of hydrogen-bond acceptors (Lipinski definition) is 3. The third-order valence-electron chi connectivity index (χ3n) is 2.63. The van der Waals surface area contributed by atoms with Crippen molar-refractivity contribution >= 4 is 40.7 Å². The third-order valence-corrected chi connectivity index (χ3v) is 3.15. The number of halogens is 3. The van der Waals surface area contributed by atoms with E-state index in [1.807, 2.05) is 0 Å². The van der Waals surface area contributed by atoms with Crippen LogP contribution in [0.5, 0.6) is 0 Å². The molecule has 1 saturated carbocycles. The molecule has 1 fully saturated rings. The largest absolute Gasteiger partial charge is 0.390 e. The van der Waals surface area contributed by atoms with Crippen LogP contribution >= 0.6 is 34.8 Å². The summed E-state index contributed by atoms with van der Waals surface area (Å²) in [5.41, 5.74) is -0.944. The van der Waals surface area contributed by atoms with Gasteiger partial charge in [0.05, 0.1) is 11.6 Å². The van der Waals surface area contributed by atoms with Gasteiger partial charge in [0.2, 0.25) is 0 Å². The first-order valence-electron chi connectivity index (χ1n) is 4.42. The average molecular weight is 277 g/mol. The second kappa shape index (κ2) is 4.26. The minimum Gasteiger partial charge on any atom is -0.390 e. The summed E-state index contributed by atoms with van der Waals surface area (Å²) in [6.07, 6.45) is -1.07.